The predicted molar refractivity (Wildman–Crippen MR) is 108 cm³/mol. The van der Waals surface area contributed by atoms with Gasteiger partial charge in [0.25, 0.3) is 11.8 Å². The van der Waals surface area contributed by atoms with Crippen LogP contribution >= 0.6 is 11.6 Å². The van der Waals surface area contributed by atoms with E-state index in [0.29, 0.717) is 49.7 Å². The first-order chi connectivity index (χ1) is 14.1. The molecule has 158 valence electrons. The number of nitrogens with one attached hydrogen (secondary N) is 1. The molecule has 1 aromatic carbocycles. The zero-order valence-electron chi connectivity index (χ0n) is 16.7. The molecular weight excluding hydrogens is 398 g/mol. The fourth-order valence-corrected chi connectivity index (χ4v) is 2.83. The number of methoxy groups -OCH3 is 2. The van der Waals surface area contributed by atoms with Gasteiger partial charge >= 0.3 is 0 Å². The minimum absolute atomic E-state index is 0.116. The molecule has 29 heavy (non-hydrogen) atoms. The number of halogens is 1. The fourth-order valence-electron chi connectivity index (χ4n) is 2.62. The second-order valence-electron chi connectivity index (χ2n) is 6.28. The number of carbonyl (C=O) groups is 2. The largest absolute Gasteiger partial charge is 0.446 e. The highest BCUT2D eigenvalue weighted by molar-refractivity contribution is 6.33. The van der Waals surface area contributed by atoms with Gasteiger partial charge in [-0.3, -0.25) is 9.59 Å². The monoisotopic (exact) mass is 423 g/mol. The Morgan fingerprint density at radius 1 is 1.17 bits per heavy atom. The van der Waals surface area contributed by atoms with E-state index in [0.717, 1.165) is 0 Å². The molecule has 0 saturated carbocycles. The van der Waals surface area contributed by atoms with Crippen LogP contribution in [0.2, 0.25) is 5.02 Å². The lowest BCUT2D eigenvalue weighted by Crippen LogP contribution is -2.32. The Bertz CT molecular complexity index is 796. The Hall–Kier alpha value is -2.42. The average Bonchev–Trinajstić information content (AvgIpc) is 3.19. The van der Waals surface area contributed by atoms with Crippen molar-refractivity contribution in [2.24, 2.45) is 0 Å². The number of hydrogen-bond acceptors (Lipinski definition) is 6. The van der Waals surface area contributed by atoms with Crippen LogP contribution in [0.1, 0.15) is 39.6 Å². The number of aromatic nitrogens is 1. The van der Waals surface area contributed by atoms with Crippen molar-refractivity contribution < 1.29 is 23.5 Å². The molecule has 0 aliphatic rings. The first kappa shape index (κ1) is 22.9. The van der Waals surface area contributed by atoms with Crippen LogP contribution in [0.4, 0.5) is 0 Å². The normalized spacial score (nSPS) is 10.7. The Morgan fingerprint density at radius 3 is 2.62 bits per heavy atom. The summed E-state index contributed by atoms with van der Waals surface area (Å²) in [6, 6.07) is 6.85. The second-order valence-corrected chi connectivity index (χ2v) is 6.69. The molecule has 0 bridgehead atoms. The van der Waals surface area contributed by atoms with Crippen LogP contribution in [0.15, 0.2) is 34.9 Å². The zero-order chi connectivity index (χ0) is 21.1. The van der Waals surface area contributed by atoms with Gasteiger partial charge in [-0.15, -0.1) is 0 Å². The van der Waals surface area contributed by atoms with E-state index in [4.69, 9.17) is 25.5 Å². The molecule has 2 amide bonds. The van der Waals surface area contributed by atoms with Gasteiger partial charge in [0.2, 0.25) is 5.89 Å². The molecule has 1 aromatic heterocycles. The highest BCUT2D eigenvalue weighted by Crippen LogP contribution is 2.19. The number of rotatable bonds is 12. The van der Waals surface area contributed by atoms with Crippen molar-refractivity contribution in [3.05, 3.63) is 52.7 Å². The van der Waals surface area contributed by atoms with Crippen LogP contribution in [0.25, 0.3) is 0 Å². The van der Waals surface area contributed by atoms with Crippen molar-refractivity contribution >= 4 is 23.4 Å². The number of ether oxygens (including phenoxy) is 2. The lowest BCUT2D eigenvalue weighted by Gasteiger charge is -2.21. The molecule has 8 nitrogen and oxygen atoms in total. The molecule has 9 heteroatoms. The van der Waals surface area contributed by atoms with Gasteiger partial charge in [-0.05, 0) is 25.0 Å². The lowest BCUT2D eigenvalue weighted by molar-refractivity contribution is 0.0708. The van der Waals surface area contributed by atoms with Crippen LogP contribution in [0.5, 0.6) is 0 Å². The highest BCUT2D eigenvalue weighted by Gasteiger charge is 2.21. The predicted octanol–water partition coefficient (Wildman–Crippen LogP) is 2.77. The van der Waals surface area contributed by atoms with Crippen molar-refractivity contribution in [1.82, 2.24) is 15.2 Å². The fraction of sp³-hybridized carbons (Fsp3) is 0.450. The van der Waals surface area contributed by atoms with Crippen LogP contribution in [-0.2, 0) is 16.0 Å². The van der Waals surface area contributed by atoms with Gasteiger partial charge in [0.1, 0.15) is 6.26 Å². The number of oxazole rings is 1. The first-order valence-corrected chi connectivity index (χ1v) is 9.69. The topological polar surface area (TPSA) is 93.9 Å². The number of nitrogens with zero attached hydrogens (tertiary/aromatic N) is 2. The van der Waals surface area contributed by atoms with E-state index in [2.05, 4.69) is 10.3 Å². The van der Waals surface area contributed by atoms with E-state index in [1.165, 1.54) is 6.26 Å². The van der Waals surface area contributed by atoms with E-state index < -0.39 is 0 Å². The quantitative estimate of drug-likeness (QED) is 0.527. The summed E-state index contributed by atoms with van der Waals surface area (Å²) >= 11 is 6.17. The van der Waals surface area contributed by atoms with Gasteiger partial charge < -0.3 is 24.1 Å². The standard InChI is InChI=1S/C20H26ClN3O5/c1-27-11-5-9-22-19(25)17-14-29-18(23-17)13-24(10-6-12-28-2)20(26)15-7-3-4-8-16(15)21/h3-4,7-8,14H,5-6,9-13H2,1-2H3,(H,22,25). The number of hydrogen-bond donors (Lipinski definition) is 1. The summed E-state index contributed by atoms with van der Waals surface area (Å²) in [6.07, 6.45) is 2.63. The van der Waals surface area contributed by atoms with Crippen molar-refractivity contribution in [3.8, 4) is 0 Å². The van der Waals surface area contributed by atoms with Crippen LogP contribution < -0.4 is 5.32 Å². The number of amides is 2. The van der Waals surface area contributed by atoms with Gasteiger partial charge in [0, 0.05) is 40.5 Å². The first-order valence-electron chi connectivity index (χ1n) is 9.31. The molecule has 2 rings (SSSR count). The van der Waals surface area contributed by atoms with Gasteiger partial charge in [0.05, 0.1) is 17.1 Å². The Kier molecular flexibility index (Phi) is 9.63. The summed E-state index contributed by atoms with van der Waals surface area (Å²) in [5.41, 5.74) is 0.564. The molecule has 2 aromatic rings. The maximum Gasteiger partial charge on any atom is 0.273 e. The molecule has 0 aliphatic carbocycles. The second kappa shape index (κ2) is 12.2. The van der Waals surface area contributed by atoms with Crippen molar-refractivity contribution in [2.75, 3.05) is 40.5 Å². The summed E-state index contributed by atoms with van der Waals surface area (Å²) in [4.78, 5) is 30.9. The molecule has 0 saturated heterocycles. The minimum atomic E-state index is -0.334. The van der Waals surface area contributed by atoms with Gasteiger partial charge in [-0.1, -0.05) is 23.7 Å². The molecule has 1 N–H and O–H groups in total. The van der Waals surface area contributed by atoms with E-state index in [1.807, 2.05) is 0 Å². The molecule has 1 heterocycles. The van der Waals surface area contributed by atoms with E-state index in [-0.39, 0.29) is 29.9 Å². The third-order valence-electron chi connectivity index (χ3n) is 4.09. The Balaban J connectivity index is 2.05. The number of benzene rings is 1. The van der Waals surface area contributed by atoms with Gasteiger partial charge in [-0.25, -0.2) is 4.98 Å². The molecule has 0 fully saturated rings. The summed E-state index contributed by atoms with van der Waals surface area (Å²) < 4.78 is 15.4. The minimum Gasteiger partial charge on any atom is -0.446 e. The summed E-state index contributed by atoms with van der Waals surface area (Å²) in [6.45, 7) is 2.09. The van der Waals surface area contributed by atoms with Crippen LogP contribution in [0, 0.1) is 0 Å². The van der Waals surface area contributed by atoms with Gasteiger partial charge in [-0.2, -0.15) is 0 Å². The smallest absolute Gasteiger partial charge is 0.273 e. The zero-order valence-corrected chi connectivity index (χ0v) is 17.4. The van der Waals surface area contributed by atoms with Crippen LogP contribution in [-0.4, -0.2) is 62.2 Å². The summed E-state index contributed by atoms with van der Waals surface area (Å²) in [5, 5.41) is 3.12. The molecule has 0 unspecified atom stereocenters. The van der Waals surface area contributed by atoms with Crippen molar-refractivity contribution in [3.63, 3.8) is 0 Å². The SMILES string of the molecule is COCCCNC(=O)c1coc(CN(CCCOC)C(=O)c2ccccc2Cl)n1. The van der Waals surface area contributed by atoms with Crippen molar-refractivity contribution in [1.29, 1.82) is 0 Å². The summed E-state index contributed by atoms with van der Waals surface area (Å²) in [5.74, 6) is -0.306. The average molecular weight is 424 g/mol. The van der Waals surface area contributed by atoms with E-state index in [1.54, 1.807) is 43.4 Å². The van der Waals surface area contributed by atoms with E-state index >= 15 is 0 Å². The maximum absolute atomic E-state index is 12.9. The molecular formula is C20H26ClN3O5. The summed E-state index contributed by atoms with van der Waals surface area (Å²) in [7, 11) is 3.21. The Labute approximate surface area is 175 Å². The van der Waals surface area contributed by atoms with Crippen molar-refractivity contribution in [2.45, 2.75) is 19.4 Å². The number of carbonyl (C=O) groups excluding carboxylic acids is 2. The van der Waals surface area contributed by atoms with Crippen LogP contribution in [0.3, 0.4) is 0 Å². The molecule has 0 atom stereocenters. The van der Waals surface area contributed by atoms with Gasteiger partial charge in [0.15, 0.2) is 5.69 Å². The maximum atomic E-state index is 12.9. The molecule has 0 radical (unpaired) electrons. The molecule has 0 spiro atoms. The highest BCUT2D eigenvalue weighted by atomic mass is 35.5. The third kappa shape index (κ3) is 7.16. The Morgan fingerprint density at radius 2 is 1.90 bits per heavy atom. The van der Waals surface area contributed by atoms with E-state index in [9.17, 15) is 9.59 Å². The lowest BCUT2D eigenvalue weighted by atomic mass is 10.2. The third-order valence-corrected chi connectivity index (χ3v) is 4.42. The molecule has 0 aliphatic heterocycles.